The molecule has 1 aliphatic heterocycles. The van der Waals surface area contributed by atoms with Gasteiger partial charge < -0.3 is 24.6 Å². The topological polar surface area (TPSA) is 97.3 Å². The Morgan fingerprint density at radius 2 is 1.74 bits per heavy atom. The van der Waals surface area contributed by atoms with Crippen LogP contribution in [0.25, 0.3) is 0 Å². The zero-order chi connectivity index (χ0) is 27.9. The van der Waals surface area contributed by atoms with Gasteiger partial charge in [0.25, 0.3) is 0 Å². The molecule has 1 fully saturated rings. The Balaban J connectivity index is 1.68. The number of rotatable bonds is 11. The zero-order valence-corrected chi connectivity index (χ0v) is 23.3. The van der Waals surface area contributed by atoms with Crippen molar-refractivity contribution >= 4 is 12.2 Å². The molecule has 38 heavy (non-hydrogen) atoms. The molecule has 4 atom stereocenters. The van der Waals surface area contributed by atoms with Crippen molar-refractivity contribution in [1.29, 1.82) is 0 Å². The molecule has 2 N–H and O–H groups in total. The minimum absolute atomic E-state index is 0.140. The highest BCUT2D eigenvalue weighted by molar-refractivity contribution is 5.70. The van der Waals surface area contributed by atoms with Gasteiger partial charge in [0.15, 0.2) is 0 Å². The van der Waals surface area contributed by atoms with Crippen LogP contribution in [0.3, 0.4) is 0 Å². The Kier molecular flexibility index (Phi) is 10.0. The monoisotopic (exact) mass is 526 g/mol. The molecule has 2 aromatic rings. The van der Waals surface area contributed by atoms with Gasteiger partial charge in [-0.1, -0.05) is 63.2 Å². The van der Waals surface area contributed by atoms with Crippen molar-refractivity contribution in [2.45, 2.75) is 84.9 Å². The van der Waals surface area contributed by atoms with E-state index in [9.17, 15) is 14.7 Å². The number of carbonyl (C=O) groups is 2. The Morgan fingerprint density at radius 3 is 2.34 bits per heavy atom. The summed E-state index contributed by atoms with van der Waals surface area (Å²) >= 11 is 0. The molecule has 2 aromatic carbocycles. The molecule has 8 heteroatoms. The molecule has 0 bridgehead atoms. The van der Waals surface area contributed by atoms with Crippen LogP contribution in [0.4, 0.5) is 9.59 Å². The first-order chi connectivity index (χ1) is 17.9. The van der Waals surface area contributed by atoms with Crippen LogP contribution in [0.2, 0.25) is 0 Å². The molecule has 0 saturated carbocycles. The first-order valence-electron chi connectivity index (χ1n) is 13.3. The number of amides is 2. The Morgan fingerprint density at radius 1 is 1.08 bits per heavy atom. The largest absolute Gasteiger partial charge is 0.489 e. The van der Waals surface area contributed by atoms with Crippen LogP contribution in [0, 0.1) is 11.8 Å². The van der Waals surface area contributed by atoms with Crippen LogP contribution in [0.1, 0.15) is 59.1 Å². The quantitative estimate of drug-likeness (QED) is 0.400. The molecule has 8 nitrogen and oxygen atoms in total. The van der Waals surface area contributed by atoms with Crippen LogP contribution < -0.4 is 10.1 Å². The van der Waals surface area contributed by atoms with E-state index in [4.69, 9.17) is 14.2 Å². The summed E-state index contributed by atoms with van der Waals surface area (Å²) < 4.78 is 16.6. The van der Waals surface area contributed by atoms with Crippen molar-refractivity contribution < 1.29 is 28.9 Å². The van der Waals surface area contributed by atoms with Gasteiger partial charge in [-0.05, 0) is 62.8 Å². The van der Waals surface area contributed by atoms with Gasteiger partial charge in [-0.25, -0.2) is 9.59 Å². The predicted molar refractivity (Wildman–Crippen MR) is 146 cm³/mol. The Hall–Kier alpha value is -3.26. The molecule has 0 radical (unpaired) electrons. The van der Waals surface area contributed by atoms with E-state index < -0.39 is 24.0 Å². The van der Waals surface area contributed by atoms with Gasteiger partial charge in [0, 0.05) is 12.0 Å². The molecular formula is C30H42N2O6. The number of hydrogen-bond donors (Lipinski definition) is 2. The Labute approximate surface area is 226 Å². The molecule has 0 aromatic heterocycles. The lowest BCUT2D eigenvalue weighted by atomic mass is 9.93. The van der Waals surface area contributed by atoms with Crippen molar-refractivity contribution in [2.75, 3.05) is 6.61 Å². The third-order valence-corrected chi connectivity index (χ3v) is 6.54. The molecule has 1 unspecified atom stereocenters. The van der Waals surface area contributed by atoms with Gasteiger partial charge in [0.2, 0.25) is 0 Å². The lowest BCUT2D eigenvalue weighted by Crippen LogP contribution is -2.49. The lowest BCUT2D eigenvalue weighted by molar-refractivity contribution is -0.0310. The molecule has 1 aliphatic rings. The van der Waals surface area contributed by atoms with Crippen LogP contribution in [0.15, 0.2) is 54.6 Å². The number of nitrogens with one attached hydrogen (secondary N) is 1. The van der Waals surface area contributed by atoms with Crippen LogP contribution in [0.5, 0.6) is 5.75 Å². The summed E-state index contributed by atoms with van der Waals surface area (Å²) in [5, 5.41) is 14.1. The number of alkyl carbamates (subject to hydrolysis) is 1. The second kappa shape index (κ2) is 13.0. The van der Waals surface area contributed by atoms with Crippen molar-refractivity contribution in [2.24, 2.45) is 11.8 Å². The van der Waals surface area contributed by atoms with Crippen molar-refractivity contribution in [3.05, 3.63) is 65.7 Å². The van der Waals surface area contributed by atoms with Crippen LogP contribution >= 0.6 is 0 Å². The number of benzene rings is 2. The maximum absolute atomic E-state index is 12.6. The molecule has 1 saturated heterocycles. The fraction of sp³-hybridized carbons (Fsp3) is 0.533. The van der Waals surface area contributed by atoms with E-state index in [0.29, 0.717) is 19.4 Å². The van der Waals surface area contributed by atoms with E-state index in [0.717, 1.165) is 16.9 Å². The normalized spacial score (nSPS) is 18.1. The van der Waals surface area contributed by atoms with E-state index in [2.05, 4.69) is 5.32 Å². The lowest BCUT2D eigenvalue weighted by Gasteiger charge is -2.34. The second-order valence-corrected chi connectivity index (χ2v) is 11.4. The minimum Gasteiger partial charge on any atom is -0.489 e. The summed E-state index contributed by atoms with van der Waals surface area (Å²) in [6.45, 7) is 12.0. The highest BCUT2D eigenvalue weighted by Gasteiger charge is 2.41. The zero-order valence-electron chi connectivity index (χ0n) is 23.3. The van der Waals surface area contributed by atoms with E-state index in [-0.39, 0.29) is 30.5 Å². The smallest absolute Gasteiger partial charge is 0.412 e. The van der Waals surface area contributed by atoms with Gasteiger partial charge >= 0.3 is 12.2 Å². The van der Waals surface area contributed by atoms with E-state index in [1.54, 1.807) is 0 Å². The van der Waals surface area contributed by atoms with Gasteiger partial charge in [0.1, 0.15) is 30.8 Å². The van der Waals surface area contributed by atoms with E-state index >= 15 is 0 Å². The standard InChI is InChI=1S/C30H42N2O6/c1-20(2)26-19-37-29(35)32(26)27(33)21(3)16-24(31-28(34)38-30(4,5)6)17-22-12-14-25(15-13-22)36-18-23-10-8-7-9-11-23/h7-15,20-21,24,26-27,33H,16-19H2,1-6H3,(H,31,34)/t21-,24+,26+,27?/m0/s1. The molecular weight excluding hydrogens is 484 g/mol. The summed E-state index contributed by atoms with van der Waals surface area (Å²) in [6, 6.07) is 17.2. The molecule has 3 rings (SSSR count). The van der Waals surface area contributed by atoms with Gasteiger partial charge in [-0.15, -0.1) is 0 Å². The number of ether oxygens (including phenoxy) is 3. The van der Waals surface area contributed by atoms with E-state index in [1.807, 2.05) is 96.1 Å². The molecule has 1 heterocycles. The highest BCUT2D eigenvalue weighted by atomic mass is 16.6. The van der Waals surface area contributed by atoms with Gasteiger partial charge in [0.05, 0.1) is 6.04 Å². The van der Waals surface area contributed by atoms with Crippen molar-refractivity contribution in [3.8, 4) is 5.75 Å². The van der Waals surface area contributed by atoms with Gasteiger partial charge in [-0.2, -0.15) is 0 Å². The maximum atomic E-state index is 12.6. The first-order valence-corrected chi connectivity index (χ1v) is 13.3. The van der Waals surface area contributed by atoms with Crippen molar-refractivity contribution in [3.63, 3.8) is 0 Å². The molecule has 2 amide bonds. The summed E-state index contributed by atoms with van der Waals surface area (Å²) in [5.41, 5.74) is 1.45. The summed E-state index contributed by atoms with van der Waals surface area (Å²) in [5.74, 6) is 0.572. The fourth-order valence-electron chi connectivity index (χ4n) is 4.52. The summed E-state index contributed by atoms with van der Waals surface area (Å²) in [6.07, 6.45) is -1.11. The maximum Gasteiger partial charge on any atom is 0.412 e. The number of hydrogen-bond acceptors (Lipinski definition) is 6. The average Bonchev–Trinajstić information content (AvgIpc) is 3.24. The molecule has 208 valence electrons. The first kappa shape index (κ1) is 29.3. The fourth-order valence-corrected chi connectivity index (χ4v) is 4.52. The minimum atomic E-state index is -1.03. The number of carbonyl (C=O) groups excluding carboxylic acids is 2. The van der Waals surface area contributed by atoms with E-state index in [1.165, 1.54) is 4.90 Å². The second-order valence-electron chi connectivity index (χ2n) is 11.4. The summed E-state index contributed by atoms with van der Waals surface area (Å²) in [7, 11) is 0. The number of nitrogens with zero attached hydrogens (tertiary/aromatic N) is 1. The number of aliphatic hydroxyl groups excluding tert-OH is 1. The van der Waals surface area contributed by atoms with Crippen molar-refractivity contribution in [1.82, 2.24) is 10.2 Å². The number of aliphatic hydroxyl groups is 1. The van der Waals surface area contributed by atoms with Gasteiger partial charge in [-0.3, -0.25) is 4.90 Å². The molecule has 0 aliphatic carbocycles. The van der Waals surface area contributed by atoms with Crippen LogP contribution in [-0.2, 0) is 22.5 Å². The Bertz CT molecular complexity index is 1030. The van der Waals surface area contributed by atoms with Crippen LogP contribution in [-0.4, -0.2) is 52.7 Å². The third-order valence-electron chi connectivity index (χ3n) is 6.54. The SMILES string of the molecule is CC(C)[C@H]1COC(=O)N1C(O)[C@@H](C)C[C@H](Cc1ccc(OCc2ccccc2)cc1)NC(=O)OC(C)(C)C. The highest BCUT2D eigenvalue weighted by Crippen LogP contribution is 2.27. The number of cyclic esters (lactones) is 1. The predicted octanol–water partition coefficient (Wildman–Crippen LogP) is 5.52. The third kappa shape index (κ3) is 8.65. The summed E-state index contributed by atoms with van der Waals surface area (Å²) in [4.78, 5) is 26.4. The average molecular weight is 527 g/mol. The molecule has 0 spiro atoms.